The number of aromatic nitrogens is 3. The van der Waals surface area contributed by atoms with Crippen molar-refractivity contribution in [3.8, 4) is 11.3 Å². The van der Waals surface area contributed by atoms with Crippen LogP contribution in [0.25, 0.3) is 11.3 Å². The van der Waals surface area contributed by atoms with E-state index in [4.69, 9.17) is 15.3 Å². The van der Waals surface area contributed by atoms with Crippen molar-refractivity contribution in [2.75, 3.05) is 10.7 Å². The number of nitrogens with zero attached hydrogens (tertiary/aromatic N) is 5. The zero-order valence-corrected chi connectivity index (χ0v) is 18.3. The van der Waals surface area contributed by atoms with E-state index in [-0.39, 0.29) is 17.4 Å². The maximum Gasteiger partial charge on any atom is 0.332 e. The minimum atomic E-state index is -0.482. The van der Waals surface area contributed by atoms with Gasteiger partial charge in [-0.1, -0.05) is 6.07 Å². The Morgan fingerprint density at radius 1 is 1.16 bits per heavy atom. The fourth-order valence-electron chi connectivity index (χ4n) is 3.57. The molecule has 0 saturated carbocycles. The molecule has 31 heavy (non-hydrogen) atoms. The van der Waals surface area contributed by atoms with Crippen LogP contribution < -0.4 is 22.0 Å². The Labute approximate surface area is 184 Å². The van der Waals surface area contributed by atoms with Gasteiger partial charge >= 0.3 is 5.69 Å². The first-order valence-corrected chi connectivity index (χ1v) is 11.2. The predicted octanol–water partition coefficient (Wildman–Crippen LogP) is 2.80. The zero-order valence-electron chi connectivity index (χ0n) is 16.7. The molecule has 1 aliphatic rings. The lowest BCUT2D eigenvalue weighted by molar-refractivity contribution is 0.465. The van der Waals surface area contributed by atoms with Gasteiger partial charge in [0.05, 0.1) is 22.5 Å². The number of rotatable bonds is 4. The Hall–Kier alpha value is -3.44. The van der Waals surface area contributed by atoms with Gasteiger partial charge in [-0.2, -0.15) is 5.10 Å². The number of hydrazone groups is 1. The first-order chi connectivity index (χ1) is 15.0. The Bertz CT molecular complexity index is 1400. The van der Waals surface area contributed by atoms with E-state index in [2.05, 4.69) is 4.98 Å². The van der Waals surface area contributed by atoms with Crippen LogP contribution in [0, 0.1) is 0 Å². The van der Waals surface area contributed by atoms with Crippen molar-refractivity contribution in [2.45, 2.75) is 12.5 Å². The van der Waals surface area contributed by atoms with E-state index in [1.54, 1.807) is 23.0 Å². The van der Waals surface area contributed by atoms with E-state index < -0.39 is 11.2 Å². The molecule has 4 aromatic heterocycles. The largest absolute Gasteiger partial charge is 0.467 e. The van der Waals surface area contributed by atoms with Gasteiger partial charge < -0.3 is 10.2 Å². The monoisotopic (exact) mass is 454 g/mol. The zero-order chi connectivity index (χ0) is 21.7. The fourth-order valence-corrected chi connectivity index (χ4v) is 5.10. The average Bonchev–Trinajstić information content (AvgIpc) is 3.55. The number of nitrogen functional groups attached to an aromatic ring is 1. The number of thiazole rings is 1. The van der Waals surface area contributed by atoms with Crippen LogP contribution in [0.15, 0.2) is 60.4 Å². The molecule has 1 atom stereocenters. The minimum absolute atomic E-state index is 0.0803. The topological polar surface area (TPSA) is 112 Å². The van der Waals surface area contributed by atoms with E-state index in [1.807, 2.05) is 34.7 Å². The Balaban J connectivity index is 1.60. The summed E-state index contributed by atoms with van der Waals surface area (Å²) in [6, 6.07) is 7.64. The molecule has 0 saturated heterocycles. The van der Waals surface area contributed by atoms with Gasteiger partial charge in [0.2, 0.25) is 5.13 Å². The molecule has 0 amide bonds. The third-order valence-corrected chi connectivity index (χ3v) is 6.99. The van der Waals surface area contributed by atoms with E-state index in [1.165, 1.54) is 30.0 Å². The number of nitrogens with two attached hydrogens (primary N) is 1. The normalized spacial score (nSPS) is 16.1. The summed E-state index contributed by atoms with van der Waals surface area (Å²) in [5.74, 6) is 0.862. The van der Waals surface area contributed by atoms with Crippen LogP contribution in [0.4, 0.5) is 10.9 Å². The van der Waals surface area contributed by atoms with Crippen molar-refractivity contribution in [3.05, 3.63) is 72.8 Å². The third kappa shape index (κ3) is 3.13. The highest BCUT2D eigenvalue weighted by Crippen LogP contribution is 2.40. The molecule has 4 aromatic rings. The lowest BCUT2D eigenvalue weighted by Gasteiger charge is -2.18. The summed E-state index contributed by atoms with van der Waals surface area (Å²) in [5.41, 5.74) is 6.69. The standard InChI is InChI=1S/C20H18N6O3S2/c1-24-17(21)16(18(27)25(2)20(24)28)12-10-31-19(22-12)26-13(14-5-3-7-29-14)9-11(23-26)15-6-4-8-30-15/h3-8,10,13H,9,21H2,1-2H3/t13-/m1/s1. The van der Waals surface area contributed by atoms with Crippen molar-refractivity contribution >= 4 is 39.3 Å². The first kappa shape index (κ1) is 19.5. The highest BCUT2D eigenvalue weighted by Gasteiger charge is 2.34. The molecule has 0 radical (unpaired) electrons. The van der Waals surface area contributed by atoms with Crippen molar-refractivity contribution < 1.29 is 4.42 Å². The third-order valence-electron chi connectivity index (χ3n) is 5.24. The second-order valence-electron chi connectivity index (χ2n) is 7.09. The summed E-state index contributed by atoms with van der Waals surface area (Å²) in [6.45, 7) is 0. The van der Waals surface area contributed by atoms with Gasteiger partial charge in [-0.15, -0.1) is 22.7 Å². The van der Waals surface area contributed by atoms with Gasteiger partial charge in [0.15, 0.2) is 0 Å². The summed E-state index contributed by atoms with van der Waals surface area (Å²) in [7, 11) is 2.95. The van der Waals surface area contributed by atoms with E-state index in [0.717, 1.165) is 20.9 Å². The first-order valence-electron chi connectivity index (χ1n) is 9.41. The summed E-state index contributed by atoms with van der Waals surface area (Å²) in [6.07, 6.45) is 2.31. The van der Waals surface area contributed by atoms with Crippen molar-refractivity contribution in [3.63, 3.8) is 0 Å². The van der Waals surface area contributed by atoms with Crippen LogP contribution in [-0.4, -0.2) is 19.8 Å². The SMILES string of the molecule is Cn1c(N)c(-c2csc(N3N=C(c4cccs4)C[C@@H]3c3ccco3)n2)c(=O)n(C)c1=O. The molecule has 2 N–H and O–H groups in total. The van der Waals surface area contributed by atoms with E-state index >= 15 is 0 Å². The lowest BCUT2D eigenvalue weighted by atomic mass is 10.1. The summed E-state index contributed by atoms with van der Waals surface area (Å²) in [5, 5.41) is 11.0. The smallest absolute Gasteiger partial charge is 0.332 e. The number of hydrogen-bond acceptors (Lipinski definition) is 9. The van der Waals surface area contributed by atoms with Crippen LogP contribution >= 0.6 is 22.7 Å². The lowest BCUT2D eigenvalue weighted by Crippen LogP contribution is -2.39. The molecule has 0 unspecified atom stereocenters. The maximum absolute atomic E-state index is 12.7. The highest BCUT2D eigenvalue weighted by atomic mass is 32.1. The highest BCUT2D eigenvalue weighted by molar-refractivity contribution is 7.14. The van der Waals surface area contributed by atoms with Gasteiger partial charge in [-0.05, 0) is 23.6 Å². The molecule has 0 aromatic carbocycles. The predicted molar refractivity (Wildman–Crippen MR) is 122 cm³/mol. The molecule has 0 fully saturated rings. The molecule has 5 rings (SSSR count). The van der Waals surface area contributed by atoms with Crippen LogP contribution in [-0.2, 0) is 14.1 Å². The molecule has 11 heteroatoms. The maximum atomic E-state index is 12.7. The van der Waals surface area contributed by atoms with Crippen molar-refractivity contribution in [1.82, 2.24) is 14.1 Å². The second-order valence-corrected chi connectivity index (χ2v) is 8.87. The molecule has 0 spiro atoms. The molecular formula is C20H18N6O3S2. The molecule has 5 heterocycles. The van der Waals surface area contributed by atoms with Crippen molar-refractivity contribution in [2.24, 2.45) is 19.2 Å². The fraction of sp³-hybridized carbons (Fsp3) is 0.200. The molecule has 0 bridgehead atoms. The number of thiophene rings is 1. The quantitative estimate of drug-likeness (QED) is 0.508. The van der Waals surface area contributed by atoms with Crippen LogP contribution in [0.5, 0.6) is 0 Å². The molecule has 0 aliphatic carbocycles. The number of anilines is 2. The van der Waals surface area contributed by atoms with Crippen molar-refractivity contribution in [1.29, 1.82) is 0 Å². The Morgan fingerprint density at radius 2 is 2.00 bits per heavy atom. The Morgan fingerprint density at radius 3 is 2.71 bits per heavy atom. The van der Waals surface area contributed by atoms with Gasteiger partial charge in [-0.25, -0.2) is 14.8 Å². The van der Waals surface area contributed by atoms with Gasteiger partial charge in [0, 0.05) is 25.9 Å². The molecule has 1 aliphatic heterocycles. The van der Waals surface area contributed by atoms with E-state index in [9.17, 15) is 9.59 Å². The molecule has 9 nitrogen and oxygen atoms in total. The summed E-state index contributed by atoms with van der Waals surface area (Å²) < 4.78 is 7.93. The van der Waals surface area contributed by atoms with Gasteiger partial charge in [0.25, 0.3) is 5.56 Å². The van der Waals surface area contributed by atoms with Crippen LogP contribution in [0.1, 0.15) is 23.1 Å². The molecular weight excluding hydrogens is 436 g/mol. The summed E-state index contributed by atoms with van der Waals surface area (Å²) >= 11 is 2.98. The minimum Gasteiger partial charge on any atom is -0.467 e. The van der Waals surface area contributed by atoms with Crippen LogP contribution in [0.2, 0.25) is 0 Å². The van der Waals surface area contributed by atoms with Gasteiger partial charge in [0.1, 0.15) is 23.2 Å². The second kappa shape index (κ2) is 7.36. The Kier molecular flexibility index (Phi) is 4.63. The van der Waals surface area contributed by atoms with E-state index in [0.29, 0.717) is 17.2 Å². The number of hydrogen-bond donors (Lipinski definition) is 1. The average molecular weight is 455 g/mol. The van der Waals surface area contributed by atoms with Crippen LogP contribution in [0.3, 0.4) is 0 Å². The summed E-state index contributed by atoms with van der Waals surface area (Å²) in [4.78, 5) is 30.6. The number of furan rings is 1. The van der Waals surface area contributed by atoms with Gasteiger partial charge in [-0.3, -0.25) is 13.9 Å². The molecule has 158 valence electrons.